The predicted octanol–water partition coefficient (Wildman–Crippen LogP) is 3.76. The summed E-state index contributed by atoms with van der Waals surface area (Å²) in [4.78, 5) is 14.1. The lowest BCUT2D eigenvalue weighted by atomic mass is 10.2. The molecule has 134 valence electrons. The van der Waals surface area contributed by atoms with Crippen LogP contribution in [0.15, 0.2) is 66.7 Å². The van der Waals surface area contributed by atoms with E-state index < -0.39 is 0 Å². The van der Waals surface area contributed by atoms with Gasteiger partial charge in [0.05, 0.1) is 0 Å². The van der Waals surface area contributed by atoms with E-state index in [-0.39, 0.29) is 11.9 Å². The number of tetrazole rings is 1. The van der Waals surface area contributed by atoms with Crippen molar-refractivity contribution in [2.24, 2.45) is 0 Å². The maximum Gasteiger partial charge on any atom is 0.272 e. The van der Waals surface area contributed by atoms with Gasteiger partial charge in [0.15, 0.2) is 0 Å². The third kappa shape index (κ3) is 4.01. The molecule has 0 saturated heterocycles. The monoisotopic (exact) mass is 377 g/mol. The van der Waals surface area contributed by atoms with Crippen LogP contribution in [-0.4, -0.2) is 26.5 Å². The SMILES string of the molecule is O=C(Nc1nn[nH]n1)c1sc(-c2ccccc2)cc1OCc1ccccc1. The maximum atomic E-state index is 12.7. The van der Waals surface area contributed by atoms with Crippen LogP contribution in [0.2, 0.25) is 0 Å². The smallest absolute Gasteiger partial charge is 0.272 e. The van der Waals surface area contributed by atoms with Gasteiger partial charge in [0.25, 0.3) is 11.9 Å². The molecule has 1 amide bonds. The van der Waals surface area contributed by atoms with Crippen LogP contribution in [0.3, 0.4) is 0 Å². The van der Waals surface area contributed by atoms with Crippen LogP contribution in [0, 0.1) is 0 Å². The number of thiophene rings is 1. The van der Waals surface area contributed by atoms with Gasteiger partial charge in [-0.1, -0.05) is 65.8 Å². The van der Waals surface area contributed by atoms with Crippen LogP contribution < -0.4 is 10.1 Å². The summed E-state index contributed by atoms with van der Waals surface area (Å²) >= 11 is 1.35. The van der Waals surface area contributed by atoms with Gasteiger partial charge in [0, 0.05) is 4.88 Å². The number of nitrogens with one attached hydrogen (secondary N) is 2. The van der Waals surface area contributed by atoms with Gasteiger partial charge in [-0.2, -0.15) is 5.21 Å². The van der Waals surface area contributed by atoms with E-state index in [1.54, 1.807) is 0 Å². The third-order valence-corrected chi connectivity index (χ3v) is 4.93. The van der Waals surface area contributed by atoms with Crippen LogP contribution in [-0.2, 0) is 6.61 Å². The van der Waals surface area contributed by atoms with E-state index in [0.717, 1.165) is 16.0 Å². The number of aromatic amines is 1. The number of ether oxygens (including phenoxy) is 1. The number of benzene rings is 2. The van der Waals surface area contributed by atoms with Crippen molar-refractivity contribution in [2.75, 3.05) is 5.32 Å². The van der Waals surface area contributed by atoms with E-state index in [1.165, 1.54) is 11.3 Å². The topological polar surface area (TPSA) is 92.8 Å². The second kappa shape index (κ2) is 7.79. The van der Waals surface area contributed by atoms with Crippen molar-refractivity contribution in [1.82, 2.24) is 20.6 Å². The van der Waals surface area contributed by atoms with Crippen LogP contribution in [0.5, 0.6) is 5.75 Å². The van der Waals surface area contributed by atoms with E-state index in [4.69, 9.17) is 4.74 Å². The Labute approximate surface area is 159 Å². The van der Waals surface area contributed by atoms with Gasteiger partial charge in [-0.3, -0.25) is 10.1 Å². The zero-order valence-electron chi connectivity index (χ0n) is 14.1. The highest BCUT2D eigenvalue weighted by atomic mass is 32.1. The Morgan fingerprint density at radius 1 is 1.07 bits per heavy atom. The van der Waals surface area contributed by atoms with E-state index in [1.807, 2.05) is 66.7 Å². The number of anilines is 1. The molecule has 27 heavy (non-hydrogen) atoms. The van der Waals surface area contributed by atoms with Gasteiger partial charge in [0.2, 0.25) is 0 Å². The fourth-order valence-corrected chi connectivity index (χ4v) is 3.49. The molecule has 0 saturated carbocycles. The van der Waals surface area contributed by atoms with E-state index in [9.17, 15) is 4.79 Å². The number of H-pyrrole nitrogens is 1. The predicted molar refractivity (Wildman–Crippen MR) is 103 cm³/mol. The van der Waals surface area contributed by atoms with Crippen molar-refractivity contribution in [3.8, 4) is 16.2 Å². The first-order valence-electron chi connectivity index (χ1n) is 8.20. The Kier molecular flexibility index (Phi) is 4.88. The number of carbonyl (C=O) groups excluding carboxylic acids is 1. The number of nitrogens with zero attached hydrogens (tertiary/aromatic N) is 3. The van der Waals surface area contributed by atoms with E-state index in [0.29, 0.717) is 17.2 Å². The molecular weight excluding hydrogens is 362 g/mol. The standard InChI is InChI=1S/C19H15N5O2S/c25-18(20-19-21-23-24-22-19)17-15(26-12-13-7-3-1-4-8-13)11-16(27-17)14-9-5-2-6-10-14/h1-11H,12H2,(H2,20,21,22,23,24,25). The number of amides is 1. The molecule has 2 aromatic carbocycles. The molecule has 0 atom stereocenters. The average molecular weight is 377 g/mol. The van der Waals surface area contributed by atoms with E-state index in [2.05, 4.69) is 25.9 Å². The minimum Gasteiger partial charge on any atom is -0.487 e. The highest BCUT2D eigenvalue weighted by Crippen LogP contribution is 2.37. The highest BCUT2D eigenvalue weighted by Gasteiger charge is 2.20. The summed E-state index contributed by atoms with van der Waals surface area (Å²) in [6.07, 6.45) is 0. The lowest BCUT2D eigenvalue weighted by Gasteiger charge is -2.06. The Morgan fingerprint density at radius 3 is 2.52 bits per heavy atom. The lowest BCUT2D eigenvalue weighted by molar-refractivity contribution is 0.102. The summed E-state index contributed by atoms with van der Waals surface area (Å²) < 4.78 is 5.95. The summed E-state index contributed by atoms with van der Waals surface area (Å²) in [6.45, 7) is 0.369. The van der Waals surface area contributed by atoms with Crippen molar-refractivity contribution in [1.29, 1.82) is 0 Å². The van der Waals surface area contributed by atoms with Gasteiger partial charge in [0.1, 0.15) is 17.2 Å². The van der Waals surface area contributed by atoms with Gasteiger partial charge in [-0.25, -0.2) is 0 Å². The van der Waals surface area contributed by atoms with Crippen molar-refractivity contribution in [2.45, 2.75) is 6.61 Å². The maximum absolute atomic E-state index is 12.7. The summed E-state index contributed by atoms with van der Waals surface area (Å²) in [7, 11) is 0. The number of carbonyl (C=O) groups is 1. The Hall–Kier alpha value is -3.52. The molecule has 2 heterocycles. The summed E-state index contributed by atoms with van der Waals surface area (Å²) in [5.41, 5.74) is 2.04. The summed E-state index contributed by atoms with van der Waals surface area (Å²) in [5.74, 6) is 0.291. The van der Waals surface area contributed by atoms with Crippen LogP contribution in [0.25, 0.3) is 10.4 Å². The molecule has 8 heteroatoms. The van der Waals surface area contributed by atoms with Crippen molar-refractivity contribution in [3.63, 3.8) is 0 Å². The van der Waals surface area contributed by atoms with Gasteiger partial charge >= 0.3 is 0 Å². The van der Waals surface area contributed by atoms with Crippen molar-refractivity contribution >= 4 is 23.2 Å². The molecule has 4 aromatic rings. The number of hydrogen-bond acceptors (Lipinski definition) is 6. The van der Waals surface area contributed by atoms with Gasteiger partial charge in [-0.15, -0.1) is 16.4 Å². The van der Waals surface area contributed by atoms with Gasteiger partial charge in [-0.05, 0) is 22.4 Å². The minimum absolute atomic E-state index is 0.115. The first-order chi connectivity index (χ1) is 13.3. The molecule has 0 bridgehead atoms. The second-order valence-electron chi connectivity index (χ2n) is 5.63. The molecule has 4 rings (SSSR count). The average Bonchev–Trinajstić information content (AvgIpc) is 3.38. The Bertz CT molecular complexity index is 1020. The molecular formula is C19H15N5O2S. The van der Waals surface area contributed by atoms with Crippen LogP contribution in [0.1, 0.15) is 15.2 Å². The quantitative estimate of drug-likeness (QED) is 0.534. The molecule has 0 aliphatic carbocycles. The number of hydrogen-bond donors (Lipinski definition) is 2. The van der Waals surface area contributed by atoms with Crippen molar-refractivity contribution < 1.29 is 9.53 Å². The lowest BCUT2D eigenvalue weighted by Crippen LogP contribution is -2.12. The Balaban J connectivity index is 1.62. The normalized spacial score (nSPS) is 10.5. The molecule has 2 aromatic heterocycles. The molecule has 0 radical (unpaired) electrons. The minimum atomic E-state index is -0.341. The molecule has 0 fully saturated rings. The molecule has 0 aliphatic heterocycles. The first-order valence-corrected chi connectivity index (χ1v) is 9.02. The zero-order valence-corrected chi connectivity index (χ0v) is 14.9. The molecule has 0 aliphatic rings. The highest BCUT2D eigenvalue weighted by molar-refractivity contribution is 7.17. The summed E-state index contributed by atoms with van der Waals surface area (Å²) in [5, 5.41) is 15.9. The fraction of sp³-hybridized carbons (Fsp3) is 0.0526. The zero-order chi connectivity index (χ0) is 18.5. The second-order valence-corrected chi connectivity index (χ2v) is 6.69. The number of aromatic nitrogens is 4. The van der Waals surface area contributed by atoms with E-state index >= 15 is 0 Å². The van der Waals surface area contributed by atoms with Crippen LogP contribution in [0.4, 0.5) is 5.95 Å². The fourth-order valence-electron chi connectivity index (χ4n) is 2.49. The largest absolute Gasteiger partial charge is 0.487 e. The number of rotatable bonds is 6. The Morgan fingerprint density at radius 2 is 1.81 bits per heavy atom. The first kappa shape index (κ1) is 16.9. The van der Waals surface area contributed by atoms with Gasteiger partial charge < -0.3 is 4.74 Å². The van der Waals surface area contributed by atoms with Crippen molar-refractivity contribution in [3.05, 3.63) is 77.2 Å². The molecule has 7 nitrogen and oxygen atoms in total. The third-order valence-electron chi connectivity index (χ3n) is 3.77. The summed E-state index contributed by atoms with van der Waals surface area (Å²) in [6, 6.07) is 21.5. The molecule has 2 N–H and O–H groups in total. The molecule has 0 unspecified atom stereocenters. The van der Waals surface area contributed by atoms with Crippen LogP contribution >= 0.6 is 11.3 Å². The molecule has 0 spiro atoms.